The molecule has 0 aliphatic rings. The van der Waals surface area contributed by atoms with Gasteiger partial charge in [0.15, 0.2) is 0 Å². The average Bonchev–Trinajstić information content (AvgIpc) is 3.09. The fourth-order valence-corrected chi connectivity index (χ4v) is 3.61. The van der Waals surface area contributed by atoms with Crippen LogP contribution in [0.5, 0.6) is 0 Å². The Kier molecular flexibility index (Phi) is 3.21. The molecule has 0 atom stereocenters. The monoisotopic (exact) mass is 280 g/mol. The van der Waals surface area contributed by atoms with Gasteiger partial charge in [-0.2, -0.15) is 21.6 Å². The molecule has 0 radical (unpaired) electrons. The number of H-pyrrole nitrogens is 1. The van der Waals surface area contributed by atoms with Gasteiger partial charge in [-0.1, -0.05) is 11.8 Å². The average molecular weight is 280 g/mol. The predicted octanol–water partition coefficient (Wildman–Crippen LogP) is 3.28. The van der Waals surface area contributed by atoms with Crippen molar-refractivity contribution < 1.29 is 0 Å². The molecule has 7 heteroatoms. The molecule has 3 aromatic heterocycles. The number of nitrogens with zero attached hydrogens (tertiary/aromatic N) is 3. The van der Waals surface area contributed by atoms with Gasteiger partial charge in [0.25, 0.3) is 0 Å². The van der Waals surface area contributed by atoms with Gasteiger partial charge in [0.1, 0.15) is 10.0 Å². The van der Waals surface area contributed by atoms with E-state index in [1.165, 1.54) is 5.56 Å². The quantitative estimate of drug-likeness (QED) is 0.745. The van der Waals surface area contributed by atoms with Crippen LogP contribution < -0.4 is 0 Å². The van der Waals surface area contributed by atoms with Gasteiger partial charge in [0, 0.05) is 22.1 Å². The number of rotatable bonds is 4. The summed E-state index contributed by atoms with van der Waals surface area (Å²) in [6.07, 6.45) is 1.72. The fourth-order valence-electron chi connectivity index (χ4n) is 1.30. The molecule has 0 aliphatic heterocycles. The maximum atomic E-state index is 4.60. The normalized spacial score (nSPS) is 10.8. The van der Waals surface area contributed by atoms with Gasteiger partial charge in [-0.05, 0) is 11.4 Å². The van der Waals surface area contributed by atoms with Crippen molar-refractivity contribution in [2.45, 2.75) is 10.8 Å². The number of nitrogens with one attached hydrogen (secondary N) is 1. The molecule has 0 aromatic carbocycles. The lowest BCUT2D eigenvalue weighted by molar-refractivity contribution is 0.911. The van der Waals surface area contributed by atoms with Crippen LogP contribution in [-0.4, -0.2) is 20.4 Å². The Morgan fingerprint density at radius 2 is 2.35 bits per heavy atom. The number of thioether (sulfide) groups is 1. The van der Waals surface area contributed by atoms with Crippen LogP contribution in [0.4, 0.5) is 0 Å². The van der Waals surface area contributed by atoms with Crippen molar-refractivity contribution in [3.05, 3.63) is 34.1 Å². The molecule has 0 saturated carbocycles. The predicted molar refractivity (Wildman–Crippen MR) is 71.4 cm³/mol. The van der Waals surface area contributed by atoms with Crippen LogP contribution in [0.1, 0.15) is 5.69 Å². The van der Waals surface area contributed by atoms with Gasteiger partial charge in [-0.25, -0.2) is 4.98 Å². The minimum atomic E-state index is 0.827. The molecule has 0 fully saturated rings. The number of aromatic nitrogens is 4. The van der Waals surface area contributed by atoms with E-state index in [0.29, 0.717) is 0 Å². The fraction of sp³-hybridized carbons (Fsp3) is 0.100. The van der Waals surface area contributed by atoms with Crippen LogP contribution in [0, 0.1) is 0 Å². The first-order valence-electron chi connectivity index (χ1n) is 4.87. The zero-order chi connectivity index (χ0) is 11.5. The third kappa shape index (κ3) is 2.56. The zero-order valence-electron chi connectivity index (χ0n) is 8.66. The van der Waals surface area contributed by atoms with Crippen molar-refractivity contribution in [3.8, 4) is 10.6 Å². The summed E-state index contributed by atoms with van der Waals surface area (Å²) >= 11 is 5.01. The molecule has 3 aromatic rings. The Hall–Kier alpha value is -1.18. The van der Waals surface area contributed by atoms with E-state index in [2.05, 4.69) is 42.6 Å². The SMILES string of the molecule is c1cc(-c2nc(CSc3cn[nH]n3)cs2)cs1. The van der Waals surface area contributed by atoms with Crippen LogP contribution in [0.15, 0.2) is 33.4 Å². The van der Waals surface area contributed by atoms with E-state index in [0.717, 1.165) is 21.5 Å². The lowest BCUT2D eigenvalue weighted by Gasteiger charge is -1.92. The molecule has 86 valence electrons. The van der Waals surface area contributed by atoms with E-state index in [4.69, 9.17) is 0 Å². The summed E-state index contributed by atoms with van der Waals surface area (Å²) in [5, 5.41) is 18.6. The van der Waals surface area contributed by atoms with Crippen molar-refractivity contribution in [1.82, 2.24) is 20.4 Å². The Bertz CT molecular complexity index is 571. The van der Waals surface area contributed by atoms with E-state index >= 15 is 0 Å². The molecule has 0 spiro atoms. The molecule has 3 heterocycles. The molecule has 1 N–H and O–H groups in total. The van der Waals surface area contributed by atoms with Gasteiger partial charge < -0.3 is 0 Å². The second-order valence-corrected chi connectivity index (χ2v) is 5.89. The van der Waals surface area contributed by atoms with Crippen molar-refractivity contribution in [2.75, 3.05) is 0 Å². The first-order valence-corrected chi connectivity index (χ1v) is 7.68. The lowest BCUT2D eigenvalue weighted by atomic mass is 10.4. The summed E-state index contributed by atoms with van der Waals surface area (Å²) in [4.78, 5) is 4.60. The maximum absolute atomic E-state index is 4.60. The van der Waals surface area contributed by atoms with Crippen LogP contribution in [0.2, 0.25) is 0 Å². The minimum absolute atomic E-state index is 0.827. The summed E-state index contributed by atoms with van der Waals surface area (Å²) in [6.45, 7) is 0. The molecule has 0 saturated heterocycles. The number of hydrogen-bond acceptors (Lipinski definition) is 6. The molecule has 0 unspecified atom stereocenters. The highest BCUT2D eigenvalue weighted by Crippen LogP contribution is 2.28. The van der Waals surface area contributed by atoms with E-state index in [1.54, 1.807) is 40.6 Å². The van der Waals surface area contributed by atoms with E-state index in [1.807, 2.05) is 0 Å². The summed E-state index contributed by atoms with van der Waals surface area (Å²) in [7, 11) is 0. The molecule has 0 aliphatic carbocycles. The molecule has 3 rings (SSSR count). The summed E-state index contributed by atoms with van der Waals surface area (Å²) in [6, 6.07) is 2.10. The molecular weight excluding hydrogens is 272 g/mol. The Labute approximate surface area is 110 Å². The summed E-state index contributed by atoms with van der Waals surface area (Å²) in [5.74, 6) is 0.827. The van der Waals surface area contributed by atoms with E-state index < -0.39 is 0 Å². The number of thiophene rings is 1. The Balaban J connectivity index is 1.69. The highest BCUT2D eigenvalue weighted by atomic mass is 32.2. The van der Waals surface area contributed by atoms with Crippen LogP contribution in [0.3, 0.4) is 0 Å². The maximum Gasteiger partial charge on any atom is 0.139 e. The smallest absolute Gasteiger partial charge is 0.139 e. The van der Waals surface area contributed by atoms with Crippen LogP contribution in [-0.2, 0) is 5.75 Å². The van der Waals surface area contributed by atoms with Gasteiger partial charge in [-0.15, -0.1) is 16.4 Å². The Morgan fingerprint density at radius 3 is 3.12 bits per heavy atom. The van der Waals surface area contributed by atoms with Crippen molar-refractivity contribution >= 4 is 34.4 Å². The standard InChI is InChI=1S/C10H8N4S3/c1-2-15-4-7(1)10-12-8(6-17-10)5-16-9-3-11-14-13-9/h1-4,6H,5H2,(H,11,13,14). The third-order valence-corrected chi connectivity index (χ3v) is 4.64. The van der Waals surface area contributed by atoms with Crippen molar-refractivity contribution in [2.24, 2.45) is 0 Å². The topological polar surface area (TPSA) is 54.5 Å². The molecular formula is C10H8N4S3. The van der Waals surface area contributed by atoms with Crippen molar-refractivity contribution in [3.63, 3.8) is 0 Å². The van der Waals surface area contributed by atoms with Gasteiger partial charge in [0.2, 0.25) is 0 Å². The molecule has 0 bridgehead atoms. The number of hydrogen-bond donors (Lipinski definition) is 1. The first-order chi connectivity index (χ1) is 8.42. The van der Waals surface area contributed by atoms with E-state index in [9.17, 15) is 0 Å². The molecule has 17 heavy (non-hydrogen) atoms. The van der Waals surface area contributed by atoms with Crippen molar-refractivity contribution in [1.29, 1.82) is 0 Å². The first kappa shape index (κ1) is 10.9. The highest BCUT2D eigenvalue weighted by Gasteiger charge is 2.06. The second kappa shape index (κ2) is 4.99. The number of aromatic amines is 1. The van der Waals surface area contributed by atoms with Gasteiger partial charge >= 0.3 is 0 Å². The highest BCUT2D eigenvalue weighted by molar-refractivity contribution is 7.98. The summed E-state index contributed by atoms with van der Waals surface area (Å²) < 4.78 is 0. The van der Waals surface area contributed by atoms with Gasteiger partial charge in [-0.3, -0.25) is 0 Å². The molecule has 4 nitrogen and oxygen atoms in total. The molecule has 0 amide bonds. The minimum Gasteiger partial charge on any atom is -0.240 e. The van der Waals surface area contributed by atoms with Crippen LogP contribution >= 0.6 is 34.4 Å². The van der Waals surface area contributed by atoms with Crippen LogP contribution in [0.25, 0.3) is 10.6 Å². The lowest BCUT2D eigenvalue weighted by Crippen LogP contribution is -1.81. The summed E-state index contributed by atoms with van der Waals surface area (Å²) in [5.41, 5.74) is 2.29. The Morgan fingerprint density at radius 1 is 1.35 bits per heavy atom. The van der Waals surface area contributed by atoms with E-state index in [-0.39, 0.29) is 0 Å². The number of thiazole rings is 1. The second-order valence-electron chi connectivity index (χ2n) is 3.25. The van der Waals surface area contributed by atoms with Gasteiger partial charge in [0.05, 0.1) is 11.9 Å². The third-order valence-electron chi connectivity index (χ3n) is 2.08. The zero-order valence-corrected chi connectivity index (χ0v) is 11.1. The largest absolute Gasteiger partial charge is 0.240 e.